The second-order valence-electron chi connectivity index (χ2n) is 5.47. The van der Waals surface area contributed by atoms with Crippen molar-refractivity contribution in [3.8, 4) is 0 Å². The molecular formula is C16H22N4. The molecule has 1 atom stereocenters. The first kappa shape index (κ1) is 13.3. The second-order valence-corrected chi connectivity index (χ2v) is 5.47. The number of piperazine rings is 1. The van der Waals surface area contributed by atoms with Crippen molar-refractivity contribution in [1.29, 1.82) is 0 Å². The summed E-state index contributed by atoms with van der Waals surface area (Å²) in [5.41, 5.74) is 6.82. The summed E-state index contributed by atoms with van der Waals surface area (Å²) in [4.78, 5) is 9.59. The zero-order valence-electron chi connectivity index (χ0n) is 12.0. The average molecular weight is 270 g/mol. The van der Waals surface area contributed by atoms with Crippen molar-refractivity contribution in [3.63, 3.8) is 0 Å². The molecule has 0 aliphatic carbocycles. The molecule has 1 fully saturated rings. The van der Waals surface area contributed by atoms with E-state index in [0.29, 0.717) is 6.04 Å². The average Bonchev–Trinajstić information content (AvgIpc) is 2.54. The van der Waals surface area contributed by atoms with Gasteiger partial charge in [-0.1, -0.05) is 18.2 Å². The Bertz CT molecular complexity index is 575. The number of pyridine rings is 1. The fourth-order valence-electron chi connectivity index (χ4n) is 2.77. The van der Waals surface area contributed by atoms with E-state index in [-0.39, 0.29) is 0 Å². The summed E-state index contributed by atoms with van der Waals surface area (Å²) in [7, 11) is 0. The van der Waals surface area contributed by atoms with E-state index in [4.69, 9.17) is 10.7 Å². The van der Waals surface area contributed by atoms with Crippen LogP contribution in [0.3, 0.4) is 0 Å². The maximum atomic E-state index is 5.74. The van der Waals surface area contributed by atoms with Crippen LogP contribution in [0.2, 0.25) is 0 Å². The number of nitrogens with zero attached hydrogens (tertiary/aromatic N) is 3. The van der Waals surface area contributed by atoms with Gasteiger partial charge < -0.3 is 10.6 Å². The maximum Gasteiger partial charge on any atom is 0.129 e. The number of nitrogens with two attached hydrogens (primary N) is 1. The highest BCUT2D eigenvalue weighted by molar-refractivity contribution is 5.80. The molecule has 4 nitrogen and oxygen atoms in total. The van der Waals surface area contributed by atoms with Crippen molar-refractivity contribution >= 4 is 16.7 Å². The molecule has 0 bridgehead atoms. The Kier molecular flexibility index (Phi) is 3.85. The van der Waals surface area contributed by atoms with Crippen molar-refractivity contribution in [2.45, 2.75) is 13.0 Å². The minimum Gasteiger partial charge on any atom is -0.354 e. The van der Waals surface area contributed by atoms with Crippen molar-refractivity contribution < 1.29 is 0 Å². The van der Waals surface area contributed by atoms with Crippen LogP contribution in [0.4, 0.5) is 5.82 Å². The van der Waals surface area contributed by atoms with Crippen LogP contribution in [0.5, 0.6) is 0 Å². The van der Waals surface area contributed by atoms with E-state index in [2.05, 4.69) is 47.1 Å². The number of benzene rings is 1. The summed E-state index contributed by atoms with van der Waals surface area (Å²) in [6.07, 6.45) is 0. The largest absolute Gasteiger partial charge is 0.354 e. The minimum absolute atomic E-state index is 0.474. The third-order valence-electron chi connectivity index (χ3n) is 4.19. The lowest BCUT2D eigenvalue weighted by Crippen LogP contribution is -2.51. The highest BCUT2D eigenvalue weighted by Crippen LogP contribution is 2.19. The lowest BCUT2D eigenvalue weighted by molar-refractivity contribution is 0.201. The molecule has 0 amide bonds. The normalized spacial score (nSPS) is 18.4. The van der Waals surface area contributed by atoms with Gasteiger partial charge in [-0.2, -0.15) is 0 Å². The number of anilines is 1. The molecule has 1 saturated heterocycles. The minimum atomic E-state index is 0.474. The van der Waals surface area contributed by atoms with E-state index in [1.54, 1.807) is 0 Å². The number of hydrogen-bond donors (Lipinski definition) is 1. The fraction of sp³-hybridized carbons (Fsp3) is 0.438. The molecule has 1 aromatic carbocycles. The fourth-order valence-corrected chi connectivity index (χ4v) is 2.77. The first-order chi connectivity index (χ1) is 9.78. The predicted molar refractivity (Wildman–Crippen MR) is 84.0 cm³/mol. The standard InChI is InChI=1S/C16H22N4/c1-13(12-17)19-8-10-20(11-9-19)16-7-6-14-4-2-3-5-15(14)18-16/h2-7,13H,8-12,17H2,1H3. The zero-order chi connectivity index (χ0) is 13.9. The van der Waals surface area contributed by atoms with Gasteiger partial charge in [-0.25, -0.2) is 4.98 Å². The summed E-state index contributed by atoms with van der Waals surface area (Å²) < 4.78 is 0. The molecule has 20 heavy (non-hydrogen) atoms. The predicted octanol–water partition coefficient (Wildman–Crippen LogP) is 1.70. The molecular weight excluding hydrogens is 248 g/mol. The molecule has 1 unspecified atom stereocenters. The number of para-hydroxylation sites is 1. The van der Waals surface area contributed by atoms with Gasteiger partial charge in [-0.3, -0.25) is 4.90 Å². The molecule has 2 N–H and O–H groups in total. The van der Waals surface area contributed by atoms with Crippen LogP contribution in [-0.4, -0.2) is 48.6 Å². The summed E-state index contributed by atoms with van der Waals surface area (Å²) in [6.45, 7) is 7.10. The lowest BCUT2D eigenvalue weighted by atomic mass is 10.2. The molecule has 1 aliphatic rings. The van der Waals surface area contributed by atoms with Gasteiger partial charge in [0, 0.05) is 44.2 Å². The SMILES string of the molecule is CC(CN)N1CCN(c2ccc3ccccc3n2)CC1. The van der Waals surface area contributed by atoms with Gasteiger partial charge in [0.2, 0.25) is 0 Å². The Morgan fingerprint density at radius 2 is 1.85 bits per heavy atom. The number of aromatic nitrogens is 1. The molecule has 0 radical (unpaired) electrons. The van der Waals surface area contributed by atoms with E-state index in [1.165, 1.54) is 5.39 Å². The van der Waals surface area contributed by atoms with Crippen molar-refractivity contribution in [2.75, 3.05) is 37.6 Å². The number of rotatable bonds is 3. The highest BCUT2D eigenvalue weighted by atomic mass is 15.3. The summed E-state index contributed by atoms with van der Waals surface area (Å²) in [5.74, 6) is 1.09. The Hall–Kier alpha value is -1.65. The van der Waals surface area contributed by atoms with Gasteiger partial charge in [0.05, 0.1) is 5.52 Å². The van der Waals surface area contributed by atoms with Gasteiger partial charge in [-0.15, -0.1) is 0 Å². The lowest BCUT2D eigenvalue weighted by Gasteiger charge is -2.38. The van der Waals surface area contributed by atoms with Crippen molar-refractivity contribution in [2.24, 2.45) is 5.73 Å². The van der Waals surface area contributed by atoms with Crippen molar-refractivity contribution in [1.82, 2.24) is 9.88 Å². The summed E-state index contributed by atoms with van der Waals surface area (Å²) in [5, 5.41) is 1.20. The highest BCUT2D eigenvalue weighted by Gasteiger charge is 2.21. The monoisotopic (exact) mass is 270 g/mol. The molecule has 4 heteroatoms. The van der Waals surface area contributed by atoms with Crippen LogP contribution in [0, 0.1) is 0 Å². The molecule has 0 spiro atoms. The van der Waals surface area contributed by atoms with E-state index < -0.39 is 0 Å². The quantitative estimate of drug-likeness (QED) is 0.922. The van der Waals surface area contributed by atoms with Crippen LogP contribution in [0.25, 0.3) is 10.9 Å². The zero-order valence-corrected chi connectivity index (χ0v) is 12.0. The van der Waals surface area contributed by atoms with Crippen LogP contribution < -0.4 is 10.6 Å². The third kappa shape index (κ3) is 2.62. The van der Waals surface area contributed by atoms with Crippen LogP contribution in [-0.2, 0) is 0 Å². The Morgan fingerprint density at radius 3 is 2.60 bits per heavy atom. The Morgan fingerprint density at radius 1 is 1.10 bits per heavy atom. The first-order valence-corrected chi connectivity index (χ1v) is 7.33. The van der Waals surface area contributed by atoms with Gasteiger partial charge in [0.1, 0.15) is 5.82 Å². The van der Waals surface area contributed by atoms with Crippen molar-refractivity contribution in [3.05, 3.63) is 36.4 Å². The number of hydrogen-bond acceptors (Lipinski definition) is 4. The molecule has 0 saturated carbocycles. The molecule has 1 aromatic heterocycles. The van der Waals surface area contributed by atoms with E-state index in [0.717, 1.165) is 44.1 Å². The van der Waals surface area contributed by atoms with Gasteiger partial charge in [0.15, 0.2) is 0 Å². The molecule has 2 heterocycles. The summed E-state index contributed by atoms with van der Waals surface area (Å²) >= 11 is 0. The van der Waals surface area contributed by atoms with Gasteiger partial charge in [-0.05, 0) is 25.1 Å². The molecule has 2 aromatic rings. The molecule has 3 rings (SSSR count). The second kappa shape index (κ2) is 5.77. The number of fused-ring (bicyclic) bond motifs is 1. The van der Waals surface area contributed by atoms with Gasteiger partial charge in [0.25, 0.3) is 0 Å². The topological polar surface area (TPSA) is 45.4 Å². The molecule has 106 valence electrons. The third-order valence-corrected chi connectivity index (χ3v) is 4.19. The van der Waals surface area contributed by atoms with Gasteiger partial charge >= 0.3 is 0 Å². The van der Waals surface area contributed by atoms with E-state index in [9.17, 15) is 0 Å². The maximum absolute atomic E-state index is 5.74. The molecule has 1 aliphatic heterocycles. The van der Waals surface area contributed by atoms with Crippen LogP contribution in [0.1, 0.15) is 6.92 Å². The van der Waals surface area contributed by atoms with Crippen LogP contribution in [0.15, 0.2) is 36.4 Å². The Balaban J connectivity index is 1.73. The Labute approximate surface area is 120 Å². The van der Waals surface area contributed by atoms with E-state index in [1.807, 2.05) is 6.07 Å². The van der Waals surface area contributed by atoms with E-state index >= 15 is 0 Å². The van der Waals surface area contributed by atoms with Crippen LogP contribution >= 0.6 is 0 Å². The first-order valence-electron chi connectivity index (χ1n) is 7.33. The smallest absolute Gasteiger partial charge is 0.129 e. The summed E-state index contributed by atoms with van der Waals surface area (Å²) in [6, 6.07) is 13.0.